The van der Waals surface area contributed by atoms with E-state index in [1.165, 1.54) is 17.7 Å². The lowest BCUT2D eigenvalue weighted by Gasteiger charge is -2.15. The Kier molecular flexibility index (Phi) is 4.03. The maximum atomic E-state index is 5.22. The zero-order valence-corrected chi connectivity index (χ0v) is 12.8. The van der Waals surface area contributed by atoms with E-state index >= 15 is 0 Å². The molecule has 3 rings (SSSR count). The Balaban J connectivity index is 1.61. The molecule has 0 spiro atoms. The van der Waals surface area contributed by atoms with Crippen molar-refractivity contribution in [3.63, 3.8) is 0 Å². The summed E-state index contributed by atoms with van der Waals surface area (Å²) in [6.07, 6.45) is 1.23. The zero-order chi connectivity index (χ0) is 13.9. The second-order valence-corrected chi connectivity index (χ2v) is 6.41. The predicted molar refractivity (Wildman–Crippen MR) is 82.5 cm³/mol. The average molecular weight is 288 g/mol. The molecular formula is C16H20N2OS. The van der Waals surface area contributed by atoms with Crippen molar-refractivity contribution in [3.8, 4) is 5.75 Å². The second kappa shape index (κ2) is 5.94. The number of methoxy groups -OCH3 is 1. The first-order valence-electron chi connectivity index (χ1n) is 7.02. The van der Waals surface area contributed by atoms with Crippen LogP contribution in [0, 0.1) is 6.92 Å². The number of ether oxygens (including phenoxy) is 1. The van der Waals surface area contributed by atoms with E-state index in [4.69, 9.17) is 4.74 Å². The summed E-state index contributed by atoms with van der Waals surface area (Å²) in [5.74, 6) is 1.57. The largest absolute Gasteiger partial charge is 0.497 e. The summed E-state index contributed by atoms with van der Waals surface area (Å²) in [7, 11) is 1.71. The molecule has 0 aliphatic carbocycles. The quantitative estimate of drug-likeness (QED) is 0.861. The van der Waals surface area contributed by atoms with Crippen LogP contribution in [0.2, 0.25) is 0 Å². The maximum absolute atomic E-state index is 5.22. The molecule has 2 aromatic rings. The normalized spacial score (nSPS) is 19.4. The molecule has 1 atom stereocenters. The first-order chi connectivity index (χ1) is 9.74. The number of hydrogen-bond donors (Lipinski definition) is 0. The topological polar surface area (TPSA) is 25.4 Å². The van der Waals surface area contributed by atoms with E-state index in [0.717, 1.165) is 30.4 Å². The molecular weight excluding hydrogens is 268 g/mol. The van der Waals surface area contributed by atoms with Crippen molar-refractivity contribution in [1.29, 1.82) is 0 Å². The van der Waals surface area contributed by atoms with E-state index < -0.39 is 0 Å². The Morgan fingerprint density at radius 3 is 2.80 bits per heavy atom. The summed E-state index contributed by atoms with van der Waals surface area (Å²) in [6, 6.07) is 8.50. The van der Waals surface area contributed by atoms with Gasteiger partial charge in [0.25, 0.3) is 0 Å². The molecule has 20 heavy (non-hydrogen) atoms. The van der Waals surface area contributed by atoms with E-state index in [9.17, 15) is 0 Å². The van der Waals surface area contributed by atoms with Crippen LogP contribution >= 0.6 is 11.3 Å². The molecule has 1 aliphatic rings. The van der Waals surface area contributed by atoms with Gasteiger partial charge in [0.15, 0.2) is 0 Å². The Labute approximate surface area is 124 Å². The number of rotatable bonds is 4. The highest BCUT2D eigenvalue weighted by molar-refractivity contribution is 7.09. The van der Waals surface area contributed by atoms with Crippen LogP contribution < -0.4 is 4.74 Å². The van der Waals surface area contributed by atoms with Crippen molar-refractivity contribution < 1.29 is 4.74 Å². The summed E-state index contributed by atoms with van der Waals surface area (Å²) in [5, 5.41) is 3.33. The van der Waals surface area contributed by atoms with E-state index in [2.05, 4.69) is 46.5 Å². The van der Waals surface area contributed by atoms with E-state index in [1.54, 1.807) is 18.4 Å². The van der Waals surface area contributed by atoms with Gasteiger partial charge in [0.2, 0.25) is 0 Å². The van der Waals surface area contributed by atoms with Gasteiger partial charge in [-0.15, -0.1) is 11.3 Å². The fourth-order valence-corrected chi connectivity index (χ4v) is 3.44. The average Bonchev–Trinajstić information content (AvgIpc) is 3.09. The first kappa shape index (κ1) is 13.6. The highest BCUT2D eigenvalue weighted by Gasteiger charge is 2.24. The molecule has 0 radical (unpaired) electrons. The van der Waals surface area contributed by atoms with E-state index in [0.29, 0.717) is 5.92 Å². The van der Waals surface area contributed by atoms with Crippen LogP contribution in [0.25, 0.3) is 0 Å². The SMILES string of the molecule is COc1ccc(C2CCN(Cc3csc(C)n3)C2)cc1. The van der Waals surface area contributed by atoms with Crippen LogP contribution in [0.1, 0.15) is 28.6 Å². The smallest absolute Gasteiger partial charge is 0.118 e. The van der Waals surface area contributed by atoms with Crippen LogP contribution in [0.5, 0.6) is 5.75 Å². The van der Waals surface area contributed by atoms with E-state index in [-0.39, 0.29) is 0 Å². The lowest BCUT2D eigenvalue weighted by molar-refractivity contribution is 0.323. The minimum atomic E-state index is 0.639. The van der Waals surface area contributed by atoms with Crippen molar-refractivity contribution >= 4 is 11.3 Å². The molecule has 3 nitrogen and oxygen atoms in total. The monoisotopic (exact) mass is 288 g/mol. The molecule has 1 saturated heterocycles. The van der Waals surface area contributed by atoms with Gasteiger partial charge in [-0.2, -0.15) is 0 Å². The van der Waals surface area contributed by atoms with Crippen molar-refractivity contribution in [2.45, 2.75) is 25.8 Å². The maximum Gasteiger partial charge on any atom is 0.118 e. The highest BCUT2D eigenvalue weighted by atomic mass is 32.1. The van der Waals surface area contributed by atoms with Gasteiger partial charge in [-0.3, -0.25) is 4.90 Å². The van der Waals surface area contributed by atoms with Gasteiger partial charge in [-0.05, 0) is 43.5 Å². The Morgan fingerprint density at radius 2 is 2.15 bits per heavy atom. The molecule has 1 aromatic carbocycles. The molecule has 0 amide bonds. The third-order valence-electron chi connectivity index (χ3n) is 3.91. The summed E-state index contributed by atoms with van der Waals surface area (Å²) >= 11 is 1.74. The zero-order valence-electron chi connectivity index (χ0n) is 12.0. The third kappa shape index (κ3) is 3.02. The van der Waals surface area contributed by atoms with Gasteiger partial charge >= 0.3 is 0 Å². The molecule has 106 valence electrons. The van der Waals surface area contributed by atoms with Crippen LogP contribution in [-0.4, -0.2) is 30.1 Å². The van der Waals surface area contributed by atoms with Gasteiger partial charge in [0.05, 0.1) is 17.8 Å². The van der Waals surface area contributed by atoms with Crippen molar-refractivity contribution in [3.05, 3.63) is 45.9 Å². The Morgan fingerprint density at radius 1 is 1.35 bits per heavy atom. The second-order valence-electron chi connectivity index (χ2n) is 5.35. The Bertz CT molecular complexity index is 564. The molecule has 0 saturated carbocycles. The molecule has 1 aromatic heterocycles. The summed E-state index contributed by atoms with van der Waals surface area (Å²) < 4.78 is 5.22. The molecule has 0 N–H and O–H groups in total. The molecule has 0 bridgehead atoms. The minimum Gasteiger partial charge on any atom is -0.497 e. The van der Waals surface area contributed by atoms with Crippen LogP contribution in [0.3, 0.4) is 0 Å². The van der Waals surface area contributed by atoms with E-state index in [1.807, 2.05) is 0 Å². The number of thiazole rings is 1. The van der Waals surface area contributed by atoms with Crippen LogP contribution in [0.4, 0.5) is 0 Å². The standard InChI is InChI=1S/C16H20N2OS/c1-12-17-15(11-20-12)10-18-8-7-14(9-18)13-3-5-16(19-2)6-4-13/h3-6,11,14H,7-10H2,1-2H3. The molecule has 4 heteroatoms. The number of nitrogens with zero attached hydrogens (tertiary/aromatic N) is 2. The number of aryl methyl sites for hydroxylation is 1. The molecule has 1 fully saturated rings. The number of likely N-dealkylation sites (tertiary alicyclic amines) is 1. The number of benzene rings is 1. The number of hydrogen-bond acceptors (Lipinski definition) is 4. The van der Waals surface area contributed by atoms with Gasteiger partial charge in [0, 0.05) is 18.5 Å². The summed E-state index contributed by atoms with van der Waals surface area (Å²) in [4.78, 5) is 7.06. The van der Waals surface area contributed by atoms with Crippen LogP contribution in [-0.2, 0) is 6.54 Å². The lowest BCUT2D eigenvalue weighted by Crippen LogP contribution is -2.19. The Hall–Kier alpha value is -1.39. The fraction of sp³-hybridized carbons (Fsp3) is 0.438. The lowest BCUT2D eigenvalue weighted by atomic mass is 9.98. The van der Waals surface area contributed by atoms with Crippen LogP contribution in [0.15, 0.2) is 29.6 Å². The van der Waals surface area contributed by atoms with Gasteiger partial charge < -0.3 is 4.74 Å². The fourth-order valence-electron chi connectivity index (χ4n) is 2.83. The van der Waals surface area contributed by atoms with Gasteiger partial charge in [-0.25, -0.2) is 4.98 Å². The molecule has 2 heterocycles. The predicted octanol–water partition coefficient (Wildman–Crippen LogP) is 3.45. The summed E-state index contributed by atoms with van der Waals surface area (Å²) in [5.41, 5.74) is 2.63. The summed E-state index contributed by atoms with van der Waals surface area (Å²) in [6.45, 7) is 5.34. The molecule has 1 aliphatic heterocycles. The number of aromatic nitrogens is 1. The third-order valence-corrected chi connectivity index (χ3v) is 4.73. The minimum absolute atomic E-state index is 0.639. The first-order valence-corrected chi connectivity index (χ1v) is 7.90. The van der Waals surface area contributed by atoms with Crippen molar-refractivity contribution in [2.75, 3.05) is 20.2 Å². The highest BCUT2D eigenvalue weighted by Crippen LogP contribution is 2.29. The van der Waals surface area contributed by atoms with Gasteiger partial charge in [0.1, 0.15) is 5.75 Å². The van der Waals surface area contributed by atoms with Gasteiger partial charge in [-0.1, -0.05) is 12.1 Å². The van der Waals surface area contributed by atoms with Crippen molar-refractivity contribution in [1.82, 2.24) is 9.88 Å². The van der Waals surface area contributed by atoms with Crippen molar-refractivity contribution in [2.24, 2.45) is 0 Å². The molecule has 1 unspecified atom stereocenters.